The van der Waals surface area contributed by atoms with Gasteiger partial charge in [-0.1, -0.05) is 29.3 Å². The highest BCUT2D eigenvalue weighted by Gasteiger charge is 2.30. The normalized spacial score (nSPS) is 11.5. The lowest BCUT2D eigenvalue weighted by molar-refractivity contribution is -0.137. The van der Waals surface area contributed by atoms with Crippen LogP contribution in [0.3, 0.4) is 0 Å². The molecule has 0 saturated carbocycles. The van der Waals surface area contributed by atoms with E-state index < -0.39 is 11.7 Å². The van der Waals surface area contributed by atoms with Crippen molar-refractivity contribution in [1.29, 1.82) is 0 Å². The molecule has 2 rings (SSSR count). The molecule has 1 N–H and O–H groups in total. The fourth-order valence-corrected chi connectivity index (χ4v) is 2.24. The van der Waals surface area contributed by atoms with Crippen LogP contribution in [0.15, 0.2) is 36.4 Å². The first-order valence-electron chi connectivity index (χ1n) is 6.13. The molecule has 0 unspecified atom stereocenters. The number of alkyl halides is 3. The van der Waals surface area contributed by atoms with Gasteiger partial charge in [-0.15, -0.1) is 0 Å². The molecule has 0 heterocycles. The van der Waals surface area contributed by atoms with Crippen LogP contribution < -0.4 is 5.32 Å². The molecule has 0 aliphatic heterocycles. The molecule has 0 aliphatic carbocycles. The number of aryl methyl sites for hydroxylation is 1. The Morgan fingerprint density at radius 2 is 1.76 bits per heavy atom. The van der Waals surface area contributed by atoms with Gasteiger partial charge in [0.2, 0.25) is 0 Å². The van der Waals surface area contributed by atoms with Gasteiger partial charge >= 0.3 is 6.18 Å². The summed E-state index contributed by atoms with van der Waals surface area (Å²) in [5, 5.41) is 4.00. The Balaban J connectivity index is 2.22. The predicted octanol–water partition coefficient (Wildman–Crippen LogP) is 5.93. The van der Waals surface area contributed by atoms with Gasteiger partial charge in [0.15, 0.2) is 0 Å². The molecule has 2 aromatic rings. The van der Waals surface area contributed by atoms with Crippen LogP contribution in [0.25, 0.3) is 0 Å². The monoisotopic (exact) mass is 333 g/mol. The third-order valence-corrected chi connectivity index (χ3v) is 3.65. The van der Waals surface area contributed by atoms with Gasteiger partial charge in [-0.2, -0.15) is 13.2 Å². The number of hydrogen-bond donors (Lipinski definition) is 1. The molecule has 0 atom stereocenters. The van der Waals surface area contributed by atoms with E-state index in [4.69, 9.17) is 23.2 Å². The van der Waals surface area contributed by atoms with Gasteiger partial charge in [-0.05, 0) is 48.4 Å². The minimum Gasteiger partial charge on any atom is -0.381 e. The molecule has 0 amide bonds. The molecule has 0 radical (unpaired) electrons. The van der Waals surface area contributed by atoms with Gasteiger partial charge < -0.3 is 5.32 Å². The first-order chi connectivity index (χ1) is 9.77. The highest BCUT2D eigenvalue weighted by molar-refractivity contribution is 6.33. The molecule has 0 aromatic heterocycles. The van der Waals surface area contributed by atoms with Gasteiger partial charge in [0.25, 0.3) is 0 Å². The minimum atomic E-state index is -4.36. The van der Waals surface area contributed by atoms with Crippen LogP contribution in [0.1, 0.15) is 16.7 Å². The molecular weight excluding hydrogens is 322 g/mol. The fraction of sp³-hybridized carbons (Fsp3) is 0.200. The highest BCUT2D eigenvalue weighted by atomic mass is 35.5. The van der Waals surface area contributed by atoms with Gasteiger partial charge in [0.1, 0.15) is 0 Å². The number of nitrogens with one attached hydrogen (secondary N) is 1. The molecular formula is C15H12Cl2F3N. The lowest BCUT2D eigenvalue weighted by Gasteiger charge is -2.14. The van der Waals surface area contributed by atoms with E-state index in [1.807, 2.05) is 0 Å². The van der Waals surface area contributed by atoms with Crippen LogP contribution in [0.5, 0.6) is 0 Å². The quantitative estimate of drug-likeness (QED) is 0.733. The maximum absolute atomic E-state index is 12.7. The van der Waals surface area contributed by atoms with E-state index in [9.17, 15) is 13.2 Å². The van der Waals surface area contributed by atoms with Crippen LogP contribution in [-0.4, -0.2) is 0 Å². The Bertz CT molecular complexity index is 654. The Morgan fingerprint density at radius 1 is 1.05 bits per heavy atom. The van der Waals surface area contributed by atoms with E-state index in [1.54, 1.807) is 25.1 Å². The van der Waals surface area contributed by atoms with Gasteiger partial charge in [-0.25, -0.2) is 0 Å². The van der Waals surface area contributed by atoms with E-state index >= 15 is 0 Å². The fourth-order valence-electron chi connectivity index (χ4n) is 1.86. The van der Waals surface area contributed by atoms with Crippen molar-refractivity contribution in [1.82, 2.24) is 0 Å². The zero-order valence-electron chi connectivity index (χ0n) is 11.1. The van der Waals surface area contributed by atoms with E-state index in [1.165, 1.54) is 6.07 Å². The number of rotatable bonds is 3. The standard InChI is InChI=1S/C15H12Cl2F3N/c1-9-2-3-11(15(18,19)20)7-14(9)21-8-10-6-12(16)4-5-13(10)17/h2-7,21H,8H2,1H3. The third-order valence-electron chi connectivity index (χ3n) is 3.04. The van der Waals surface area contributed by atoms with Crippen molar-refractivity contribution in [3.63, 3.8) is 0 Å². The number of hydrogen-bond acceptors (Lipinski definition) is 1. The molecule has 0 aliphatic rings. The summed E-state index contributed by atoms with van der Waals surface area (Å²) < 4.78 is 38.1. The van der Waals surface area contributed by atoms with E-state index in [2.05, 4.69) is 5.32 Å². The first-order valence-corrected chi connectivity index (χ1v) is 6.88. The van der Waals surface area contributed by atoms with Crippen LogP contribution in [0.2, 0.25) is 10.0 Å². The summed E-state index contributed by atoms with van der Waals surface area (Å²) in [6.45, 7) is 2.03. The van der Waals surface area contributed by atoms with Gasteiger partial charge in [0, 0.05) is 22.3 Å². The molecule has 112 valence electrons. The van der Waals surface area contributed by atoms with Gasteiger partial charge in [-0.3, -0.25) is 0 Å². The summed E-state index contributed by atoms with van der Waals surface area (Å²) in [5.74, 6) is 0. The number of anilines is 1. The number of halogens is 5. The van der Waals surface area contributed by atoms with Gasteiger partial charge in [0.05, 0.1) is 5.56 Å². The first kappa shape index (κ1) is 16.0. The highest BCUT2D eigenvalue weighted by Crippen LogP contribution is 2.32. The summed E-state index contributed by atoms with van der Waals surface area (Å²) in [4.78, 5) is 0. The molecule has 0 spiro atoms. The summed E-state index contributed by atoms with van der Waals surface area (Å²) in [5.41, 5.74) is 1.18. The van der Waals surface area contributed by atoms with Crippen LogP contribution in [0.4, 0.5) is 18.9 Å². The van der Waals surface area contributed by atoms with E-state index in [0.29, 0.717) is 22.3 Å². The average molecular weight is 334 g/mol. The third kappa shape index (κ3) is 4.05. The van der Waals surface area contributed by atoms with E-state index in [-0.39, 0.29) is 0 Å². The molecule has 0 bridgehead atoms. The molecule has 0 fully saturated rings. The van der Waals surface area contributed by atoms with Crippen molar-refractivity contribution in [2.24, 2.45) is 0 Å². The lowest BCUT2D eigenvalue weighted by atomic mass is 10.1. The minimum absolute atomic E-state index is 0.293. The Morgan fingerprint density at radius 3 is 2.43 bits per heavy atom. The second-order valence-corrected chi connectivity index (χ2v) is 5.46. The van der Waals surface area contributed by atoms with Crippen LogP contribution >= 0.6 is 23.2 Å². The Kier molecular flexibility index (Phi) is 4.69. The Labute approximate surface area is 130 Å². The zero-order chi connectivity index (χ0) is 15.6. The SMILES string of the molecule is Cc1ccc(C(F)(F)F)cc1NCc1cc(Cl)ccc1Cl. The maximum Gasteiger partial charge on any atom is 0.416 e. The van der Waals surface area contributed by atoms with Crippen LogP contribution in [-0.2, 0) is 12.7 Å². The summed E-state index contributed by atoms with van der Waals surface area (Å²) in [6.07, 6.45) is -4.36. The summed E-state index contributed by atoms with van der Waals surface area (Å²) in [7, 11) is 0. The number of benzene rings is 2. The second kappa shape index (κ2) is 6.16. The largest absolute Gasteiger partial charge is 0.416 e. The zero-order valence-corrected chi connectivity index (χ0v) is 12.6. The Hall–Kier alpha value is -1.39. The molecule has 2 aromatic carbocycles. The predicted molar refractivity (Wildman–Crippen MR) is 80.0 cm³/mol. The summed E-state index contributed by atoms with van der Waals surface area (Å²) in [6, 6.07) is 8.58. The van der Waals surface area contributed by atoms with Crippen molar-refractivity contribution < 1.29 is 13.2 Å². The van der Waals surface area contributed by atoms with Crippen molar-refractivity contribution in [3.05, 3.63) is 63.1 Å². The second-order valence-electron chi connectivity index (χ2n) is 4.62. The molecule has 0 saturated heterocycles. The molecule has 6 heteroatoms. The average Bonchev–Trinajstić information content (AvgIpc) is 2.40. The van der Waals surface area contributed by atoms with Crippen LogP contribution in [0, 0.1) is 6.92 Å². The maximum atomic E-state index is 12.7. The van der Waals surface area contributed by atoms with Crippen molar-refractivity contribution in [2.45, 2.75) is 19.6 Å². The molecule has 21 heavy (non-hydrogen) atoms. The smallest absolute Gasteiger partial charge is 0.381 e. The van der Waals surface area contributed by atoms with Crippen molar-refractivity contribution >= 4 is 28.9 Å². The van der Waals surface area contributed by atoms with Crippen molar-refractivity contribution in [3.8, 4) is 0 Å². The van der Waals surface area contributed by atoms with Crippen molar-refractivity contribution in [2.75, 3.05) is 5.32 Å². The van der Waals surface area contributed by atoms with E-state index in [0.717, 1.165) is 23.3 Å². The topological polar surface area (TPSA) is 12.0 Å². The molecule has 1 nitrogen and oxygen atoms in total. The summed E-state index contributed by atoms with van der Waals surface area (Å²) >= 11 is 11.9. The lowest BCUT2D eigenvalue weighted by Crippen LogP contribution is -2.07.